The normalized spacial score (nSPS) is 9.62. The Balaban J connectivity index is 3.16. The van der Waals surface area contributed by atoms with Crippen molar-refractivity contribution in [2.75, 3.05) is 6.54 Å². The van der Waals surface area contributed by atoms with Crippen LogP contribution < -0.4 is 5.32 Å². The average Bonchev–Trinajstić information content (AvgIpc) is 2.10. The van der Waals surface area contributed by atoms with Gasteiger partial charge in [-0.05, 0) is 6.42 Å². The van der Waals surface area contributed by atoms with Crippen molar-refractivity contribution in [1.29, 1.82) is 0 Å². The van der Waals surface area contributed by atoms with Gasteiger partial charge in [-0.3, -0.25) is 4.79 Å². The van der Waals surface area contributed by atoms with Crippen LogP contribution in [-0.2, 0) is 9.59 Å². The van der Waals surface area contributed by atoms with E-state index in [1.165, 1.54) is 12.8 Å². The van der Waals surface area contributed by atoms with Crippen LogP contribution in [0.4, 0.5) is 0 Å². The molecule has 0 aromatic heterocycles. The molecule has 1 amide bonds. The largest absolute Gasteiger partial charge is 0.474 e. The Morgan fingerprint density at radius 2 is 1.77 bits per heavy atom. The van der Waals surface area contributed by atoms with Crippen molar-refractivity contribution in [3.05, 3.63) is 0 Å². The number of carbonyl (C=O) groups excluding carboxylic acids is 1. The first-order valence-electron chi connectivity index (χ1n) is 4.69. The number of rotatable bonds is 6. The highest BCUT2D eigenvalue weighted by atomic mass is 16.4. The van der Waals surface area contributed by atoms with E-state index in [9.17, 15) is 9.59 Å². The van der Waals surface area contributed by atoms with E-state index in [1.54, 1.807) is 0 Å². The zero-order valence-electron chi connectivity index (χ0n) is 8.01. The van der Waals surface area contributed by atoms with Gasteiger partial charge in [-0.2, -0.15) is 0 Å². The van der Waals surface area contributed by atoms with E-state index in [0.29, 0.717) is 6.54 Å². The maximum Gasteiger partial charge on any atom is 0.394 e. The number of hydrogen-bond acceptors (Lipinski definition) is 2. The van der Waals surface area contributed by atoms with Gasteiger partial charge in [0.1, 0.15) is 0 Å². The summed E-state index contributed by atoms with van der Waals surface area (Å²) < 4.78 is 0. The predicted molar refractivity (Wildman–Crippen MR) is 49.4 cm³/mol. The van der Waals surface area contributed by atoms with Gasteiger partial charge < -0.3 is 10.4 Å². The lowest BCUT2D eigenvalue weighted by molar-refractivity contribution is -0.150. The second-order valence-electron chi connectivity index (χ2n) is 2.98. The second kappa shape index (κ2) is 7.58. The van der Waals surface area contributed by atoms with Crippen LogP contribution in [0.5, 0.6) is 0 Å². The summed E-state index contributed by atoms with van der Waals surface area (Å²) in [6, 6.07) is 0. The third kappa shape index (κ3) is 7.31. The van der Waals surface area contributed by atoms with Crippen molar-refractivity contribution in [3.63, 3.8) is 0 Å². The molecule has 2 N–H and O–H groups in total. The summed E-state index contributed by atoms with van der Waals surface area (Å²) in [5, 5.41) is 10.5. The van der Waals surface area contributed by atoms with Crippen LogP contribution in [0.15, 0.2) is 0 Å². The van der Waals surface area contributed by atoms with Crippen LogP contribution in [0, 0.1) is 0 Å². The van der Waals surface area contributed by atoms with E-state index in [1.807, 2.05) is 0 Å². The smallest absolute Gasteiger partial charge is 0.394 e. The van der Waals surface area contributed by atoms with Gasteiger partial charge >= 0.3 is 11.9 Å². The molecule has 0 bridgehead atoms. The van der Waals surface area contributed by atoms with Gasteiger partial charge in [0.2, 0.25) is 0 Å². The number of carbonyl (C=O) groups is 2. The van der Waals surface area contributed by atoms with Crippen LogP contribution in [0.2, 0.25) is 0 Å². The molecular formula is C9H17NO3. The fraction of sp³-hybridized carbons (Fsp3) is 0.778. The molecule has 0 fully saturated rings. The minimum Gasteiger partial charge on any atom is -0.474 e. The summed E-state index contributed by atoms with van der Waals surface area (Å²) in [6.07, 6.45) is 5.45. The van der Waals surface area contributed by atoms with Crippen LogP contribution in [0.3, 0.4) is 0 Å². The molecule has 0 radical (unpaired) electrons. The quantitative estimate of drug-likeness (QED) is 0.484. The van der Waals surface area contributed by atoms with Crippen LogP contribution in [0.1, 0.15) is 39.0 Å². The maximum atomic E-state index is 10.5. The Kier molecular flexibility index (Phi) is 6.96. The van der Waals surface area contributed by atoms with E-state index in [2.05, 4.69) is 12.2 Å². The lowest BCUT2D eigenvalue weighted by atomic mass is 10.1. The summed E-state index contributed by atoms with van der Waals surface area (Å²) in [5.41, 5.74) is 0. The molecule has 0 heterocycles. The first-order valence-corrected chi connectivity index (χ1v) is 4.69. The molecule has 0 aliphatic rings. The average molecular weight is 187 g/mol. The third-order valence-corrected chi connectivity index (χ3v) is 1.76. The number of hydrogen-bond donors (Lipinski definition) is 2. The molecule has 0 aromatic carbocycles. The Bertz CT molecular complexity index is 168. The highest BCUT2D eigenvalue weighted by molar-refractivity contribution is 6.31. The lowest BCUT2D eigenvalue weighted by Gasteiger charge is -2.01. The standard InChI is InChI=1S/C9H17NO3/c1-2-3-4-5-6-7-10-8(11)9(12)13/h2-7H2,1H3,(H,10,11)(H,12,13). The van der Waals surface area contributed by atoms with E-state index < -0.39 is 11.9 Å². The Morgan fingerprint density at radius 1 is 1.15 bits per heavy atom. The summed E-state index contributed by atoms with van der Waals surface area (Å²) >= 11 is 0. The molecule has 0 saturated heterocycles. The second-order valence-corrected chi connectivity index (χ2v) is 2.98. The summed E-state index contributed by atoms with van der Waals surface area (Å²) in [6.45, 7) is 2.60. The number of unbranched alkanes of at least 4 members (excludes halogenated alkanes) is 4. The Morgan fingerprint density at radius 3 is 2.31 bits per heavy atom. The molecule has 0 unspecified atom stereocenters. The molecule has 0 aliphatic heterocycles. The summed E-state index contributed by atoms with van der Waals surface area (Å²) in [5.74, 6) is -2.32. The lowest BCUT2D eigenvalue weighted by Crippen LogP contribution is -2.31. The molecule has 0 aromatic rings. The minimum atomic E-state index is -1.41. The molecule has 0 aliphatic carbocycles. The topological polar surface area (TPSA) is 66.4 Å². The van der Waals surface area contributed by atoms with Gasteiger partial charge in [-0.15, -0.1) is 0 Å². The van der Waals surface area contributed by atoms with Gasteiger partial charge in [0, 0.05) is 6.54 Å². The molecular weight excluding hydrogens is 170 g/mol. The van der Waals surface area contributed by atoms with Gasteiger partial charge in [0.05, 0.1) is 0 Å². The Labute approximate surface area is 78.3 Å². The minimum absolute atomic E-state index is 0.467. The van der Waals surface area contributed by atoms with Crippen LogP contribution in [-0.4, -0.2) is 23.5 Å². The zero-order chi connectivity index (χ0) is 10.1. The first-order chi connectivity index (χ1) is 6.18. The van der Waals surface area contributed by atoms with Gasteiger partial charge in [-0.25, -0.2) is 4.79 Å². The maximum absolute atomic E-state index is 10.5. The van der Waals surface area contributed by atoms with E-state index in [4.69, 9.17) is 5.11 Å². The molecule has 13 heavy (non-hydrogen) atoms. The number of nitrogens with one attached hydrogen (secondary N) is 1. The molecule has 76 valence electrons. The number of carboxylic acid groups (broad SMARTS) is 1. The predicted octanol–water partition coefficient (Wildman–Crippen LogP) is 1.16. The monoisotopic (exact) mass is 187 g/mol. The van der Waals surface area contributed by atoms with Gasteiger partial charge in [0.15, 0.2) is 0 Å². The van der Waals surface area contributed by atoms with E-state index >= 15 is 0 Å². The molecule has 0 atom stereocenters. The van der Waals surface area contributed by atoms with E-state index in [0.717, 1.165) is 19.3 Å². The highest BCUT2D eigenvalue weighted by Gasteiger charge is 2.08. The SMILES string of the molecule is CCCCCCCNC(=O)C(=O)O. The van der Waals surface area contributed by atoms with Crippen molar-refractivity contribution in [2.45, 2.75) is 39.0 Å². The van der Waals surface area contributed by atoms with Crippen molar-refractivity contribution in [1.82, 2.24) is 5.32 Å². The number of amides is 1. The van der Waals surface area contributed by atoms with Gasteiger partial charge in [-0.1, -0.05) is 32.6 Å². The molecule has 4 nitrogen and oxygen atoms in total. The molecule has 0 spiro atoms. The molecule has 0 saturated carbocycles. The number of aliphatic carboxylic acids is 1. The van der Waals surface area contributed by atoms with Crippen LogP contribution >= 0.6 is 0 Å². The van der Waals surface area contributed by atoms with Crippen molar-refractivity contribution in [2.24, 2.45) is 0 Å². The first kappa shape index (κ1) is 11.9. The molecule has 4 heteroatoms. The molecule has 0 rings (SSSR count). The Hall–Kier alpha value is -1.06. The fourth-order valence-corrected chi connectivity index (χ4v) is 1.01. The third-order valence-electron chi connectivity index (χ3n) is 1.76. The zero-order valence-corrected chi connectivity index (χ0v) is 8.01. The summed E-state index contributed by atoms with van der Waals surface area (Å²) in [4.78, 5) is 20.6. The van der Waals surface area contributed by atoms with Crippen LogP contribution in [0.25, 0.3) is 0 Å². The van der Waals surface area contributed by atoms with Crippen molar-refractivity contribution in [3.8, 4) is 0 Å². The summed E-state index contributed by atoms with van der Waals surface area (Å²) in [7, 11) is 0. The van der Waals surface area contributed by atoms with Gasteiger partial charge in [0.25, 0.3) is 0 Å². The number of carboxylic acids is 1. The fourth-order valence-electron chi connectivity index (χ4n) is 1.01. The van der Waals surface area contributed by atoms with Crippen molar-refractivity contribution < 1.29 is 14.7 Å². The highest BCUT2D eigenvalue weighted by Crippen LogP contribution is 2.00. The van der Waals surface area contributed by atoms with Crippen molar-refractivity contribution >= 4 is 11.9 Å². The van der Waals surface area contributed by atoms with E-state index in [-0.39, 0.29) is 0 Å².